The van der Waals surface area contributed by atoms with Crippen molar-refractivity contribution in [2.24, 2.45) is 0 Å². The summed E-state index contributed by atoms with van der Waals surface area (Å²) in [7, 11) is 3.43. The lowest BCUT2D eigenvalue weighted by molar-refractivity contribution is 0.0827. The van der Waals surface area contributed by atoms with Gasteiger partial charge < -0.3 is 14.7 Å². The highest BCUT2D eigenvalue weighted by molar-refractivity contribution is 5.93. The maximum Gasteiger partial charge on any atom is 0.254 e. The Morgan fingerprint density at radius 3 is 2.78 bits per heavy atom. The summed E-state index contributed by atoms with van der Waals surface area (Å²) in [6, 6.07) is 3.52. The summed E-state index contributed by atoms with van der Waals surface area (Å²) >= 11 is 0. The van der Waals surface area contributed by atoms with Crippen molar-refractivity contribution < 1.29 is 9.32 Å². The van der Waals surface area contributed by atoms with Crippen LogP contribution in [0, 0.1) is 0 Å². The van der Waals surface area contributed by atoms with Crippen molar-refractivity contribution in [3.05, 3.63) is 35.6 Å². The van der Waals surface area contributed by atoms with Gasteiger partial charge in [-0.2, -0.15) is 4.98 Å². The molecule has 0 bridgehead atoms. The Morgan fingerprint density at radius 2 is 2.13 bits per heavy atom. The summed E-state index contributed by atoms with van der Waals surface area (Å²) < 4.78 is 5.34. The highest BCUT2D eigenvalue weighted by Crippen LogP contribution is 2.32. The first-order valence-corrected chi connectivity index (χ1v) is 7.87. The molecule has 0 spiro atoms. The number of nitrogens with one attached hydrogen (secondary N) is 1. The van der Waals surface area contributed by atoms with E-state index in [9.17, 15) is 4.79 Å². The number of amides is 1. The van der Waals surface area contributed by atoms with E-state index < -0.39 is 0 Å². The van der Waals surface area contributed by atoms with Crippen LogP contribution in [-0.2, 0) is 6.54 Å². The summed E-state index contributed by atoms with van der Waals surface area (Å²) in [5, 5.41) is 7.15. The molecule has 3 rings (SSSR count). The van der Waals surface area contributed by atoms with Crippen molar-refractivity contribution in [3.63, 3.8) is 0 Å². The molecule has 0 unspecified atom stereocenters. The summed E-state index contributed by atoms with van der Waals surface area (Å²) in [6.07, 6.45) is 6.31. The molecule has 1 aliphatic carbocycles. The zero-order valence-corrected chi connectivity index (χ0v) is 13.5. The lowest BCUT2D eigenvalue weighted by Gasteiger charge is -2.10. The molecule has 1 saturated carbocycles. The van der Waals surface area contributed by atoms with Crippen LogP contribution in [0.1, 0.15) is 53.7 Å². The van der Waals surface area contributed by atoms with Gasteiger partial charge in [0.25, 0.3) is 5.91 Å². The Labute approximate surface area is 135 Å². The van der Waals surface area contributed by atoms with E-state index in [0.717, 1.165) is 18.7 Å². The van der Waals surface area contributed by atoms with Gasteiger partial charge in [0.1, 0.15) is 5.82 Å². The number of carbonyl (C=O) groups excluding carboxylic acids is 1. The van der Waals surface area contributed by atoms with Crippen LogP contribution in [0.4, 0.5) is 5.82 Å². The van der Waals surface area contributed by atoms with E-state index in [1.165, 1.54) is 17.7 Å². The molecule has 2 heterocycles. The molecular formula is C16H21N5O2. The standard InChI is InChI=1S/C16H21N5O2/c1-21(2)16(22)12-7-8-13(17-9-12)18-10-14-19-15(23-20-14)11-5-3-4-6-11/h7-9,11H,3-6,10H2,1-2H3,(H,17,18). The number of anilines is 1. The Hall–Kier alpha value is -2.44. The topological polar surface area (TPSA) is 84.2 Å². The molecule has 1 aliphatic rings. The molecule has 0 aromatic carbocycles. The summed E-state index contributed by atoms with van der Waals surface area (Å²) in [6.45, 7) is 0.449. The van der Waals surface area contributed by atoms with Gasteiger partial charge in [0, 0.05) is 26.2 Å². The largest absolute Gasteiger partial charge is 0.363 e. The van der Waals surface area contributed by atoms with Crippen molar-refractivity contribution in [2.75, 3.05) is 19.4 Å². The second kappa shape index (κ2) is 6.76. The second-order valence-electron chi connectivity index (χ2n) is 6.02. The van der Waals surface area contributed by atoms with Gasteiger partial charge in [0.2, 0.25) is 5.89 Å². The van der Waals surface area contributed by atoms with E-state index in [1.54, 1.807) is 32.4 Å². The van der Waals surface area contributed by atoms with Crippen LogP contribution in [0.2, 0.25) is 0 Å². The molecule has 122 valence electrons. The fraction of sp³-hybridized carbons (Fsp3) is 0.500. The van der Waals surface area contributed by atoms with Crippen LogP contribution in [0.3, 0.4) is 0 Å². The van der Waals surface area contributed by atoms with Crippen molar-refractivity contribution in [3.8, 4) is 0 Å². The molecule has 7 heteroatoms. The van der Waals surface area contributed by atoms with E-state index in [0.29, 0.717) is 29.7 Å². The SMILES string of the molecule is CN(C)C(=O)c1ccc(NCc2noc(C3CCCC3)n2)nc1. The average molecular weight is 315 g/mol. The molecule has 2 aromatic heterocycles. The molecule has 1 amide bonds. The van der Waals surface area contributed by atoms with Crippen molar-refractivity contribution in [1.29, 1.82) is 0 Å². The summed E-state index contributed by atoms with van der Waals surface area (Å²) in [5.41, 5.74) is 0.559. The fourth-order valence-corrected chi connectivity index (χ4v) is 2.73. The third kappa shape index (κ3) is 3.67. The number of aromatic nitrogens is 3. The highest BCUT2D eigenvalue weighted by Gasteiger charge is 2.22. The number of carbonyl (C=O) groups is 1. The lowest BCUT2D eigenvalue weighted by atomic mass is 10.1. The van der Waals surface area contributed by atoms with Gasteiger partial charge in [0.15, 0.2) is 5.82 Å². The second-order valence-corrected chi connectivity index (χ2v) is 6.02. The zero-order valence-electron chi connectivity index (χ0n) is 13.5. The van der Waals surface area contributed by atoms with Crippen LogP contribution >= 0.6 is 0 Å². The number of hydrogen-bond donors (Lipinski definition) is 1. The molecule has 0 atom stereocenters. The van der Waals surface area contributed by atoms with Crippen LogP contribution in [-0.4, -0.2) is 40.0 Å². The van der Waals surface area contributed by atoms with Crippen LogP contribution in [0.25, 0.3) is 0 Å². The van der Waals surface area contributed by atoms with Gasteiger partial charge in [0.05, 0.1) is 12.1 Å². The minimum atomic E-state index is -0.0663. The van der Waals surface area contributed by atoms with Gasteiger partial charge in [-0.3, -0.25) is 4.79 Å². The first-order valence-electron chi connectivity index (χ1n) is 7.87. The van der Waals surface area contributed by atoms with Gasteiger partial charge in [-0.15, -0.1) is 0 Å². The van der Waals surface area contributed by atoms with E-state index in [4.69, 9.17) is 4.52 Å². The van der Waals surface area contributed by atoms with Gasteiger partial charge in [-0.05, 0) is 25.0 Å². The Kier molecular flexibility index (Phi) is 4.55. The molecule has 7 nitrogen and oxygen atoms in total. The Bertz CT molecular complexity index is 659. The maximum atomic E-state index is 11.8. The summed E-state index contributed by atoms with van der Waals surface area (Å²) in [4.78, 5) is 22.0. The third-order valence-electron chi connectivity index (χ3n) is 4.03. The number of pyridine rings is 1. The predicted octanol–water partition coefficient (Wildman–Crippen LogP) is 2.44. The first-order chi connectivity index (χ1) is 11.1. The van der Waals surface area contributed by atoms with E-state index >= 15 is 0 Å². The zero-order chi connectivity index (χ0) is 16.2. The number of rotatable bonds is 5. The van der Waals surface area contributed by atoms with Crippen molar-refractivity contribution in [2.45, 2.75) is 38.1 Å². The van der Waals surface area contributed by atoms with Crippen molar-refractivity contribution in [1.82, 2.24) is 20.0 Å². The molecule has 23 heavy (non-hydrogen) atoms. The van der Waals surface area contributed by atoms with Gasteiger partial charge >= 0.3 is 0 Å². The molecule has 0 radical (unpaired) electrons. The van der Waals surface area contributed by atoms with Crippen LogP contribution in [0.15, 0.2) is 22.9 Å². The molecule has 0 saturated heterocycles. The minimum Gasteiger partial charge on any atom is -0.363 e. The third-order valence-corrected chi connectivity index (χ3v) is 4.03. The van der Waals surface area contributed by atoms with E-state index in [2.05, 4.69) is 20.4 Å². The highest BCUT2D eigenvalue weighted by atomic mass is 16.5. The molecule has 0 aliphatic heterocycles. The normalized spacial score (nSPS) is 14.9. The Morgan fingerprint density at radius 1 is 1.35 bits per heavy atom. The molecular weight excluding hydrogens is 294 g/mol. The average Bonchev–Trinajstić information content (AvgIpc) is 3.23. The minimum absolute atomic E-state index is 0.0663. The molecule has 1 N–H and O–H groups in total. The van der Waals surface area contributed by atoms with Gasteiger partial charge in [-0.1, -0.05) is 18.0 Å². The fourth-order valence-electron chi connectivity index (χ4n) is 2.73. The van der Waals surface area contributed by atoms with Crippen LogP contribution < -0.4 is 5.32 Å². The number of hydrogen-bond acceptors (Lipinski definition) is 6. The summed E-state index contributed by atoms with van der Waals surface area (Å²) in [5.74, 6) is 2.41. The quantitative estimate of drug-likeness (QED) is 0.912. The predicted molar refractivity (Wildman–Crippen MR) is 85.1 cm³/mol. The monoisotopic (exact) mass is 315 g/mol. The van der Waals surface area contributed by atoms with E-state index in [1.807, 2.05) is 0 Å². The number of nitrogens with zero attached hydrogens (tertiary/aromatic N) is 4. The van der Waals surface area contributed by atoms with E-state index in [-0.39, 0.29) is 5.91 Å². The molecule has 1 fully saturated rings. The van der Waals surface area contributed by atoms with Gasteiger partial charge in [-0.25, -0.2) is 4.98 Å². The van der Waals surface area contributed by atoms with Crippen molar-refractivity contribution >= 4 is 11.7 Å². The lowest BCUT2D eigenvalue weighted by Crippen LogP contribution is -2.21. The molecule has 2 aromatic rings. The Balaban J connectivity index is 1.57. The van der Waals surface area contributed by atoms with Crippen LogP contribution in [0.5, 0.6) is 0 Å². The maximum absolute atomic E-state index is 11.8. The smallest absolute Gasteiger partial charge is 0.254 e. The first kappa shape index (κ1) is 15.5.